The lowest BCUT2D eigenvalue weighted by atomic mass is 10.3. The van der Waals surface area contributed by atoms with Crippen molar-refractivity contribution in [2.24, 2.45) is 7.05 Å². The molecule has 118 valence electrons. The molecular weight excluding hydrogens is 284 g/mol. The fourth-order valence-electron chi connectivity index (χ4n) is 2.06. The molecule has 22 heavy (non-hydrogen) atoms. The second kappa shape index (κ2) is 7.39. The molecule has 0 aliphatic carbocycles. The smallest absolute Gasteiger partial charge is 0.370 e. The van der Waals surface area contributed by atoms with Crippen molar-refractivity contribution >= 4 is 17.5 Å². The minimum atomic E-state index is -0.460. The van der Waals surface area contributed by atoms with Gasteiger partial charge in [0.15, 0.2) is 0 Å². The molecular formula is C14H20N6O2. The van der Waals surface area contributed by atoms with Crippen LogP contribution in [0.25, 0.3) is 0 Å². The van der Waals surface area contributed by atoms with E-state index < -0.39 is 4.92 Å². The van der Waals surface area contributed by atoms with E-state index in [9.17, 15) is 10.1 Å². The number of nitrogens with one attached hydrogen (secondary N) is 2. The molecule has 8 heteroatoms. The summed E-state index contributed by atoms with van der Waals surface area (Å²) >= 11 is 0. The van der Waals surface area contributed by atoms with Gasteiger partial charge in [0.05, 0.1) is 0 Å². The van der Waals surface area contributed by atoms with Crippen LogP contribution < -0.4 is 10.6 Å². The summed E-state index contributed by atoms with van der Waals surface area (Å²) in [6.07, 6.45) is 3.57. The Morgan fingerprint density at radius 2 is 2.00 bits per heavy atom. The van der Waals surface area contributed by atoms with E-state index in [0.29, 0.717) is 18.2 Å². The Bertz CT molecular complexity index is 626. The number of nitro groups is 1. The van der Waals surface area contributed by atoms with E-state index in [1.54, 1.807) is 24.7 Å². The number of pyridine rings is 1. The largest absolute Gasteiger partial charge is 0.406 e. The fourth-order valence-corrected chi connectivity index (χ4v) is 2.06. The first kappa shape index (κ1) is 15.7. The molecule has 0 aliphatic heterocycles. The van der Waals surface area contributed by atoms with Gasteiger partial charge in [0.2, 0.25) is 11.6 Å². The van der Waals surface area contributed by atoms with Crippen LogP contribution in [0.2, 0.25) is 0 Å². The molecule has 2 aromatic rings. The summed E-state index contributed by atoms with van der Waals surface area (Å²) in [5, 5.41) is 17.3. The van der Waals surface area contributed by atoms with Crippen LogP contribution in [0.5, 0.6) is 0 Å². The Kier molecular flexibility index (Phi) is 5.29. The summed E-state index contributed by atoms with van der Waals surface area (Å²) in [6, 6.07) is 5.72. The monoisotopic (exact) mass is 304 g/mol. The highest BCUT2D eigenvalue weighted by molar-refractivity contribution is 5.53. The zero-order valence-electron chi connectivity index (χ0n) is 12.7. The van der Waals surface area contributed by atoms with Crippen molar-refractivity contribution in [1.82, 2.24) is 14.5 Å². The van der Waals surface area contributed by atoms with Crippen molar-refractivity contribution in [2.75, 3.05) is 23.7 Å². The first-order valence-corrected chi connectivity index (χ1v) is 7.16. The Morgan fingerprint density at radius 3 is 2.64 bits per heavy atom. The van der Waals surface area contributed by atoms with Crippen LogP contribution in [0.1, 0.15) is 18.7 Å². The highest BCUT2D eigenvalue weighted by Gasteiger charge is 2.22. The van der Waals surface area contributed by atoms with Gasteiger partial charge in [-0.15, -0.1) is 0 Å². The highest BCUT2D eigenvalue weighted by Crippen LogP contribution is 2.23. The first-order valence-electron chi connectivity index (χ1n) is 7.16. The Labute approximate surface area is 128 Å². The summed E-state index contributed by atoms with van der Waals surface area (Å²) in [5.41, 5.74) is 0. The summed E-state index contributed by atoms with van der Waals surface area (Å²) < 4.78 is 1.70. The van der Waals surface area contributed by atoms with E-state index in [4.69, 9.17) is 0 Å². The molecule has 0 aliphatic rings. The number of aryl methyl sites for hydroxylation is 1. The summed E-state index contributed by atoms with van der Waals surface area (Å²) in [6.45, 7) is 3.21. The van der Waals surface area contributed by atoms with Crippen molar-refractivity contribution in [3.63, 3.8) is 0 Å². The molecule has 2 heterocycles. The summed E-state index contributed by atoms with van der Waals surface area (Å²) in [5.74, 6) is 1.81. The van der Waals surface area contributed by atoms with Crippen molar-refractivity contribution in [1.29, 1.82) is 0 Å². The van der Waals surface area contributed by atoms with Crippen molar-refractivity contribution < 1.29 is 4.92 Å². The van der Waals surface area contributed by atoms with Gasteiger partial charge in [-0.1, -0.05) is 6.07 Å². The van der Waals surface area contributed by atoms with Crippen molar-refractivity contribution in [3.8, 4) is 0 Å². The number of imidazole rings is 1. The van der Waals surface area contributed by atoms with Gasteiger partial charge in [-0.2, -0.15) is 0 Å². The summed E-state index contributed by atoms with van der Waals surface area (Å²) in [7, 11) is 1.76. The molecule has 2 aromatic heterocycles. The van der Waals surface area contributed by atoms with Crippen LogP contribution in [-0.2, 0) is 7.05 Å². The minimum Gasteiger partial charge on any atom is -0.370 e. The standard InChI is InChI=1S/C14H20N6O2/c1-11-18-14(20(21)22)13(19(11)2)17-10-6-5-9-16-12-7-3-4-8-15-12/h3-4,7-8,17H,5-6,9-10H2,1-2H3,(H,15,16). The van der Waals surface area contributed by atoms with E-state index in [0.717, 1.165) is 25.2 Å². The molecule has 0 bridgehead atoms. The number of nitrogens with zero attached hydrogens (tertiary/aromatic N) is 4. The highest BCUT2D eigenvalue weighted by atomic mass is 16.6. The third-order valence-electron chi connectivity index (χ3n) is 3.34. The predicted octanol–water partition coefficient (Wildman–Crippen LogP) is 2.34. The van der Waals surface area contributed by atoms with Gasteiger partial charge < -0.3 is 20.7 Å². The van der Waals surface area contributed by atoms with Crippen LogP contribution in [0.15, 0.2) is 24.4 Å². The van der Waals surface area contributed by atoms with Crippen LogP contribution in [0, 0.1) is 17.0 Å². The molecule has 0 saturated carbocycles. The second-order valence-electron chi connectivity index (χ2n) is 4.92. The van der Waals surface area contributed by atoms with Gasteiger partial charge in [-0.3, -0.25) is 4.57 Å². The van der Waals surface area contributed by atoms with E-state index >= 15 is 0 Å². The number of aromatic nitrogens is 3. The van der Waals surface area contributed by atoms with Crippen LogP contribution in [-0.4, -0.2) is 32.5 Å². The first-order chi connectivity index (χ1) is 10.6. The fraction of sp³-hybridized carbons (Fsp3) is 0.429. The van der Waals surface area contributed by atoms with Crippen molar-refractivity contribution in [3.05, 3.63) is 40.3 Å². The molecule has 0 amide bonds. The number of unbranched alkanes of at least 4 members (excludes halogenated alkanes) is 1. The van der Waals surface area contributed by atoms with E-state index in [1.165, 1.54) is 0 Å². The molecule has 0 aromatic carbocycles. The minimum absolute atomic E-state index is 0.119. The van der Waals surface area contributed by atoms with E-state index in [-0.39, 0.29) is 5.82 Å². The zero-order chi connectivity index (χ0) is 15.9. The molecule has 0 saturated heterocycles. The van der Waals surface area contributed by atoms with Crippen molar-refractivity contribution in [2.45, 2.75) is 19.8 Å². The average molecular weight is 304 g/mol. The van der Waals surface area contributed by atoms with E-state index in [2.05, 4.69) is 20.6 Å². The SMILES string of the molecule is Cc1nc([N+](=O)[O-])c(NCCCCNc2ccccn2)n1C. The topological polar surface area (TPSA) is 97.9 Å². The normalized spacial score (nSPS) is 10.5. The summed E-state index contributed by atoms with van der Waals surface area (Å²) in [4.78, 5) is 18.6. The lowest BCUT2D eigenvalue weighted by molar-refractivity contribution is -0.388. The van der Waals surface area contributed by atoms with E-state index in [1.807, 2.05) is 18.2 Å². The molecule has 0 spiro atoms. The maximum Gasteiger partial charge on any atom is 0.406 e. The third kappa shape index (κ3) is 3.94. The number of rotatable bonds is 8. The van der Waals surface area contributed by atoms with Crippen LogP contribution >= 0.6 is 0 Å². The third-order valence-corrected chi connectivity index (χ3v) is 3.34. The second-order valence-corrected chi connectivity index (χ2v) is 4.92. The molecule has 0 atom stereocenters. The predicted molar refractivity (Wildman–Crippen MR) is 85.0 cm³/mol. The van der Waals surface area contributed by atoms with Gasteiger partial charge in [-0.05, 0) is 34.9 Å². The maximum atomic E-state index is 11.0. The molecule has 0 radical (unpaired) electrons. The number of anilines is 2. The van der Waals surface area contributed by atoms with Gasteiger partial charge in [0.1, 0.15) is 5.82 Å². The van der Waals surface area contributed by atoms with Gasteiger partial charge in [-0.25, -0.2) is 4.98 Å². The Morgan fingerprint density at radius 1 is 1.27 bits per heavy atom. The van der Waals surface area contributed by atoms with Gasteiger partial charge in [0, 0.05) is 33.3 Å². The van der Waals surface area contributed by atoms with Crippen LogP contribution in [0.3, 0.4) is 0 Å². The maximum absolute atomic E-state index is 11.0. The average Bonchev–Trinajstić information content (AvgIpc) is 2.80. The van der Waals surface area contributed by atoms with Gasteiger partial charge >= 0.3 is 5.82 Å². The lowest BCUT2D eigenvalue weighted by Crippen LogP contribution is -2.10. The van der Waals surface area contributed by atoms with Gasteiger partial charge in [0.25, 0.3) is 0 Å². The number of hydrogen-bond donors (Lipinski definition) is 2. The molecule has 2 rings (SSSR count). The molecule has 8 nitrogen and oxygen atoms in total. The number of hydrogen-bond acceptors (Lipinski definition) is 6. The molecule has 0 fully saturated rings. The lowest BCUT2D eigenvalue weighted by Gasteiger charge is -2.07. The zero-order valence-corrected chi connectivity index (χ0v) is 12.7. The Hall–Kier alpha value is -2.64. The Balaban J connectivity index is 1.74. The molecule has 0 unspecified atom stereocenters. The molecule has 2 N–H and O–H groups in total. The van der Waals surface area contributed by atoms with Crippen LogP contribution in [0.4, 0.5) is 17.5 Å². The quantitative estimate of drug-likeness (QED) is 0.441.